The SMILES string of the molecule is O=C(O)CC1CCCN1C(=O)[C@H]1CCC[C@@H](NC(=O)OCC2c3ccccc3-c3ccccc32)C1. The highest BCUT2D eigenvalue weighted by molar-refractivity contribution is 5.81. The average molecular weight is 477 g/mol. The summed E-state index contributed by atoms with van der Waals surface area (Å²) in [7, 11) is 0. The van der Waals surface area contributed by atoms with Crippen LogP contribution >= 0.6 is 0 Å². The van der Waals surface area contributed by atoms with Crippen molar-refractivity contribution in [3.63, 3.8) is 0 Å². The molecule has 2 aromatic carbocycles. The molecule has 5 rings (SSSR count). The fourth-order valence-corrected chi connectivity index (χ4v) is 6.13. The Bertz CT molecular complexity index is 1070. The zero-order valence-corrected chi connectivity index (χ0v) is 19.8. The van der Waals surface area contributed by atoms with Crippen LogP contribution in [0.15, 0.2) is 48.5 Å². The van der Waals surface area contributed by atoms with Crippen LogP contribution in [0.3, 0.4) is 0 Å². The van der Waals surface area contributed by atoms with Gasteiger partial charge in [0.15, 0.2) is 0 Å². The molecule has 0 radical (unpaired) electrons. The number of nitrogens with zero attached hydrogens (tertiary/aromatic N) is 1. The molecule has 0 bridgehead atoms. The topological polar surface area (TPSA) is 95.9 Å². The van der Waals surface area contributed by atoms with E-state index in [-0.39, 0.29) is 42.9 Å². The summed E-state index contributed by atoms with van der Waals surface area (Å²) in [5.74, 6) is -1.01. The number of nitrogens with one attached hydrogen (secondary N) is 1. The van der Waals surface area contributed by atoms with Gasteiger partial charge in [-0.25, -0.2) is 4.79 Å². The van der Waals surface area contributed by atoms with Crippen molar-refractivity contribution >= 4 is 18.0 Å². The van der Waals surface area contributed by atoms with Crippen molar-refractivity contribution in [3.05, 3.63) is 59.7 Å². The molecule has 1 saturated heterocycles. The lowest BCUT2D eigenvalue weighted by molar-refractivity contribution is -0.142. The van der Waals surface area contributed by atoms with Crippen molar-refractivity contribution in [1.29, 1.82) is 0 Å². The fourth-order valence-electron chi connectivity index (χ4n) is 6.13. The molecule has 2 N–H and O–H groups in total. The number of rotatable bonds is 6. The van der Waals surface area contributed by atoms with E-state index in [1.807, 2.05) is 24.3 Å². The first-order valence-electron chi connectivity index (χ1n) is 12.6. The normalized spacial score (nSPS) is 23.4. The molecule has 3 aliphatic rings. The Morgan fingerprint density at radius 2 is 1.63 bits per heavy atom. The molecule has 7 nitrogen and oxygen atoms in total. The van der Waals surface area contributed by atoms with Gasteiger partial charge >= 0.3 is 12.1 Å². The number of carbonyl (C=O) groups is 3. The Morgan fingerprint density at radius 3 is 2.31 bits per heavy atom. The second-order valence-corrected chi connectivity index (χ2v) is 9.96. The standard InChI is InChI=1S/C28H32N2O5/c31-26(32)16-20-9-6-14-30(20)27(33)18-7-5-8-19(15-18)29-28(34)35-17-25-23-12-3-1-10-21(23)22-11-2-4-13-24(22)25/h1-4,10-13,18-20,25H,5-9,14-17H2,(H,29,34)(H,31,32)/t18-,19+,20?/m0/s1. The Kier molecular flexibility index (Phi) is 6.75. The van der Waals surface area contributed by atoms with Crippen LogP contribution in [0.1, 0.15) is 62.0 Å². The zero-order chi connectivity index (χ0) is 24.4. The number of carbonyl (C=O) groups excluding carboxylic acids is 2. The Labute approximate surface area is 205 Å². The van der Waals surface area contributed by atoms with Gasteiger partial charge in [-0.1, -0.05) is 55.0 Å². The third-order valence-corrected chi connectivity index (χ3v) is 7.76. The van der Waals surface area contributed by atoms with Gasteiger partial charge in [-0.05, 0) is 54.4 Å². The van der Waals surface area contributed by atoms with Gasteiger partial charge in [0, 0.05) is 30.5 Å². The van der Waals surface area contributed by atoms with E-state index in [9.17, 15) is 14.4 Å². The van der Waals surface area contributed by atoms with Gasteiger partial charge in [-0.3, -0.25) is 9.59 Å². The molecule has 0 spiro atoms. The number of hydrogen-bond acceptors (Lipinski definition) is 4. The summed E-state index contributed by atoms with van der Waals surface area (Å²) >= 11 is 0. The molecule has 0 aromatic heterocycles. The van der Waals surface area contributed by atoms with Gasteiger partial charge in [-0.15, -0.1) is 0 Å². The maximum absolute atomic E-state index is 13.1. The van der Waals surface area contributed by atoms with Crippen LogP contribution in [0.25, 0.3) is 11.1 Å². The Hall–Kier alpha value is -3.35. The van der Waals surface area contributed by atoms with Gasteiger partial charge in [0.05, 0.1) is 6.42 Å². The average Bonchev–Trinajstić information content (AvgIpc) is 3.44. The number of fused-ring (bicyclic) bond motifs is 3. The van der Waals surface area contributed by atoms with E-state index in [0.29, 0.717) is 13.0 Å². The minimum atomic E-state index is -0.867. The second-order valence-electron chi connectivity index (χ2n) is 9.96. The molecule has 1 saturated carbocycles. The molecule has 1 aliphatic heterocycles. The first-order chi connectivity index (χ1) is 17.0. The molecule has 1 unspecified atom stereocenters. The minimum Gasteiger partial charge on any atom is -0.481 e. The van der Waals surface area contributed by atoms with E-state index >= 15 is 0 Å². The number of carboxylic acids is 1. The molecule has 7 heteroatoms. The third-order valence-electron chi connectivity index (χ3n) is 7.76. The summed E-state index contributed by atoms with van der Waals surface area (Å²) in [5.41, 5.74) is 4.72. The lowest BCUT2D eigenvalue weighted by Gasteiger charge is -2.33. The highest BCUT2D eigenvalue weighted by atomic mass is 16.5. The van der Waals surface area contributed by atoms with Crippen LogP contribution in [0.2, 0.25) is 0 Å². The number of benzene rings is 2. The number of alkyl carbamates (subject to hydrolysis) is 1. The molecule has 35 heavy (non-hydrogen) atoms. The first kappa shape index (κ1) is 23.4. The molecule has 2 aromatic rings. The van der Waals surface area contributed by atoms with Crippen molar-refractivity contribution in [2.45, 2.75) is 62.9 Å². The van der Waals surface area contributed by atoms with Crippen molar-refractivity contribution in [2.75, 3.05) is 13.2 Å². The molecule has 184 valence electrons. The lowest BCUT2D eigenvalue weighted by atomic mass is 9.84. The molecule has 1 heterocycles. The molecule has 2 amide bonds. The fraction of sp³-hybridized carbons (Fsp3) is 0.464. The molecule has 2 fully saturated rings. The van der Waals surface area contributed by atoms with Gasteiger partial charge in [0.1, 0.15) is 6.61 Å². The van der Waals surface area contributed by atoms with Crippen molar-refractivity contribution in [2.24, 2.45) is 5.92 Å². The Balaban J connectivity index is 1.17. The van der Waals surface area contributed by atoms with E-state index in [2.05, 4.69) is 29.6 Å². The van der Waals surface area contributed by atoms with Crippen LogP contribution in [0.4, 0.5) is 4.79 Å². The number of ether oxygens (including phenoxy) is 1. The van der Waals surface area contributed by atoms with Crippen LogP contribution in [0, 0.1) is 5.92 Å². The highest BCUT2D eigenvalue weighted by Crippen LogP contribution is 2.44. The van der Waals surface area contributed by atoms with Crippen molar-refractivity contribution in [1.82, 2.24) is 10.2 Å². The second kappa shape index (κ2) is 10.1. The number of amides is 2. The van der Waals surface area contributed by atoms with E-state index in [1.54, 1.807) is 4.90 Å². The predicted octanol–water partition coefficient (Wildman–Crippen LogP) is 4.55. The monoisotopic (exact) mass is 476 g/mol. The van der Waals surface area contributed by atoms with Crippen LogP contribution in [-0.2, 0) is 14.3 Å². The predicted molar refractivity (Wildman–Crippen MR) is 131 cm³/mol. The van der Waals surface area contributed by atoms with E-state index in [4.69, 9.17) is 9.84 Å². The summed E-state index contributed by atoms with van der Waals surface area (Å²) in [6, 6.07) is 16.1. The van der Waals surface area contributed by atoms with Crippen molar-refractivity contribution in [3.8, 4) is 11.1 Å². The number of aliphatic carboxylic acids is 1. The lowest BCUT2D eigenvalue weighted by Crippen LogP contribution is -2.45. The maximum Gasteiger partial charge on any atom is 0.407 e. The number of hydrogen-bond donors (Lipinski definition) is 2. The van der Waals surface area contributed by atoms with Gasteiger partial charge in [0.25, 0.3) is 0 Å². The summed E-state index contributed by atoms with van der Waals surface area (Å²) in [6.07, 6.45) is 4.14. The highest BCUT2D eigenvalue weighted by Gasteiger charge is 2.37. The van der Waals surface area contributed by atoms with Crippen LogP contribution in [0.5, 0.6) is 0 Å². The minimum absolute atomic E-state index is 0.000111. The van der Waals surface area contributed by atoms with Gasteiger partial charge in [-0.2, -0.15) is 0 Å². The summed E-state index contributed by atoms with van der Waals surface area (Å²) < 4.78 is 5.69. The molecule has 2 aliphatic carbocycles. The summed E-state index contributed by atoms with van der Waals surface area (Å²) in [5, 5.41) is 12.1. The summed E-state index contributed by atoms with van der Waals surface area (Å²) in [4.78, 5) is 38.8. The van der Waals surface area contributed by atoms with E-state index in [0.717, 1.165) is 32.1 Å². The molecular weight excluding hydrogens is 444 g/mol. The quantitative estimate of drug-likeness (QED) is 0.638. The van der Waals surface area contributed by atoms with E-state index in [1.165, 1.54) is 22.3 Å². The van der Waals surface area contributed by atoms with Gasteiger partial charge in [0.2, 0.25) is 5.91 Å². The van der Waals surface area contributed by atoms with Crippen molar-refractivity contribution < 1.29 is 24.2 Å². The van der Waals surface area contributed by atoms with Crippen LogP contribution < -0.4 is 5.32 Å². The van der Waals surface area contributed by atoms with Gasteiger partial charge < -0.3 is 20.1 Å². The molecular formula is C28H32N2O5. The first-order valence-corrected chi connectivity index (χ1v) is 12.6. The number of carboxylic acid groups (broad SMARTS) is 1. The number of likely N-dealkylation sites (tertiary alicyclic amines) is 1. The maximum atomic E-state index is 13.1. The van der Waals surface area contributed by atoms with Crippen LogP contribution in [-0.4, -0.2) is 53.2 Å². The largest absolute Gasteiger partial charge is 0.481 e. The smallest absolute Gasteiger partial charge is 0.407 e. The Morgan fingerprint density at radius 1 is 0.943 bits per heavy atom. The molecule has 3 atom stereocenters. The zero-order valence-electron chi connectivity index (χ0n) is 19.8. The summed E-state index contributed by atoms with van der Waals surface area (Å²) in [6.45, 7) is 0.886. The third kappa shape index (κ3) is 4.90. The van der Waals surface area contributed by atoms with E-state index < -0.39 is 12.1 Å².